The molecule has 2 aromatic heterocycles. The number of para-hydroxylation sites is 1. The first-order valence-electron chi connectivity index (χ1n) is 14.5. The van der Waals surface area contributed by atoms with Crippen LogP contribution in [-0.4, -0.2) is 0 Å². The number of nitrogens with zero attached hydrogens (tertiary/aromatic N) is 1. The van der Waals surface area contributed by atoms with E-state index < -0.39 is 0 Å². The molecule has 202 valence electrons. The molecular weight excluding hydrogens is 543 g/mol. The zero-order valence-corrected chi connectivity index (χ0v) is 24.0. The van der Waals surface area contributed by atoms with Gasteiger partial charge in [-0.25, -0.2) is 0 Å². The van der Waals surface area contributed by atoms with Crippen LogP contribution in [0, 0.1) is 0 Å². The lowest BCUT2D eigenvalue weighted by molar-refractivity contribution is 0.669. The van der Waals surface area contributed by atoms with E-state index in [1.807, 2.05) is 17.4 Å². The van der Waals surface area contributed by atoms with Crippen LogP contribution >= 0.6 is 11.3 Å². The Balaban J connectivity index is 1.36. The number of fused-ring (bicyclic) bond motifs is 7. The van der Waals surface area contributed by atoms with E-state index in [9.17, 15) is 0 Å². The molecule has 0 aliphatic rings. The average molecular weight is 568 g/mol. The molecule has 0 amide bonds. The molecule has 0 spiro atoms. The zero-order chi connectivity index (χ0) is 28.3. The summed E-state index contributed by atoms with van der Waals surface area (Å²) in [6, 6.07) is 54.3. The maximum absolute atomic E-state index is 6.37. The molecule has 9 aromatic rings. The van der Waals surface area contributed by atoms with Crippen LogP contribution in [0.2, 0.25) is 0 Å². The van der Waals surface area contributed by atoms with Gasteiger partial charge in [0, 0.05) is 26.5 Å². The van der Waals surface area contributed by atoms with Crippen molar-refractivity contribution in [1.82, 2.24) is 0 Å². The molecule has 0 aliphatic carbocycles. The molecule has 0 unspecified atom stereocenters. The van der Waals surface area contributed by atoms with Gasteiger partial charge in [0.25, 0.3) is 0 Å². The molecule has 0 radical (unpaired) electrons. The van der Waals surface area contributed by atoms with Crippen molar-refractivity contribution in [3.8, 4) is 11.1 Å². The Bertz CT molecular complexity index is 2480. The number of furan rings is 1. The number of anilines is 3. The van der Waals surface area contributed by atoms with Gasteiger partial charge in [-0.05, 0) is 64.4 Å². The van der Waals surface area contributed by atoms with Gasteiger partial charge in [0.2, 0.25) is 0 Å². The lowest BCUT2D eigenvalue weighted by atomic mass is 9.97. The molecular formula is C40H25NOS. The first kappa shape index (κ1) is 24.2. The largest absolute Gasteiger partial charge is 0.456 e. The van der Waals surface area contributed by atoms with E-state index in [0.29, 0.717) is 0 Å². The Morgan fingerprint density at radius 2 is 1.16 bits per heavy atom. The van der Waals surface area contributed by atoms with Crippen LogP contribution in [0.3, 0.4) is 0 Å². The van der Waals surface area contributed by atoms with Crippen molar-refractivity contribution in [2.75, 3.05) is 4.90 Å². The van der Waals surface area contributed by atoms with Crippen molar-refractivity contribution in [3.63, 3.8) is 0 Å². The Morgan fingerprint density at radius 3 is 2.12 bits per heavy atom. The highest BCUT2D eigenvalue weighted by atomic mass is 32.1. The Hall–Kier alpha value is -5.38. The average Bonchev–Trinajstić information content (AvgIpc) is 3.64. The van der Waals surface area contributed by atoms with Crippen molar-refractivity contribution in [2.45, 2.75) is 0 Å². The minimum atomic E-state index is 0.887. The van der Waals surface area contributed by atoms with Crippen LogP contribution in [0.1, 0.15) is 0 Å². The highest BCUT2D eigenvalue weighted by Gasteiger charge is 2.22. The summed E-state index contributed by atoms with van der Waals surface area (Å²) in [5.74, 6) is 0. The van der Waals surface area contributed by atoms with Crippen LogP contribution < -0.4 is 4.90 Å². The standard InChI is InChI=1S/C40H25NOS/c1-2-15-29-26(11-1)12-8-18-30(29)27-13-7-14-28(25-27)41(34-20-10-23-37-39(34)33-17-3-5-22-36(33)42-37)35-21-9-19-32-31-16-4-6-24-38(31)43-40(32)35/h1-25H. The fourth-order valence-electron chi connectivity index (χ4n) is 6.55. The third kappa shape index (κ3) is 3.79. The Kier molecular flexibility index (Phi) is 5.40. The fraction of sp³-hybridized carbons (Fsp3) is 0. The molecule has 0 atom stereocenters. The summed E-state index contributed by atoms with van der Waals surface area (Å²) >= 11 is 1.85. The first-order valence-corrected chi connectivity index (χ1v) is 15.3. The van der Waals surface area contributed by atoms with Crippen molar-refractivity contribution in [1.29, 1.82) is 0 Å². The lowest BCUT2D eigenvalue weighted by Crippen LogP contribution is -2.10. The summed E-state index contributed by atoms with van der Waals surface area (Å²) in [6.07, 6.45) is 0. The van der Waals surface area contributed by atoms with Gasteiger partial charge in [0.1, 0.15) is 11.2 Å². The molecule has 7 aromatic carbocycles. The van der Waals surface area contributed by atoms with Crippen molar-refractivity contribution >= 4 is 81.3 Å². The monoisotopic (exact) mass is 567 g/mol. The van der Waals surface area contributed by atoms with E-state index >= 15 is 0 Å². The Morgan fingerprint density at radius 1 is 0.488 bits per heavy atom. The maximum Gasteiger partial charge on any atom is 0.137 e. The van der Waals surface area contributed by atoms with Gasteiger partial charge in [-0.2, -0.15) is 0 Å². The summed E-state index contributed by atoms with van der Waals surface area (Å²) in [6.45, 7) is 0. The quantitative estimate of drug-likeness (QED) is 0.210. The molecule has 0 aliphatic heterocycles. The van der Waals surface area contributed by atoms with Gasteiger partial charge < -0.3 is 9.32 Å². The normalized spacial score (nSPS) is 11.7. The number of rotatable bonds is 4. The van der Waals surface area contributed by atoms with Gasteiger partial charge in [0.15, 0.2) is 0 Å². The number of hydrogen-bond donors (Lipinski definition) is 0. The fourth-order valence-corrected chi connectivity index (χ4v) is 7.75. The molecule has 0 saturated carbocycles. The predicted molar refractivity (Wildman–Crippen MR) is 184 cm³/mol. The second-order valence-electron chi connectivity index (χ2n) is 10.9. The van der Waals surface area contributed by atoms with E-state index in [4.69, 9.17) is 4.42 Å². The summed E-state index contributed by atoms with van der Waals surface area (Å²) < 4.78 is 8.93. The number of benzene rings is 7. The summed E-state index contributed by atoms with van der Waals surface area (Å²) in [5.41, 5.74) is 7.56. The van der Waals surface area contributed by atoms with Gasteiger partial charge in [-0.1, -0.05) is 109 Å². The first-order chi connectivity index (χ1) is 21.3. The molecule has 2 heterocycles. The van der Waals surface area contributed by atoms with Crippen molar-refractivity contribution in [2.24, 2.45) is 0 Å². The molecule has 43 heavy (non-hydrogen) atoms. The van der Waals surface area contributed by atoms with Crippen molar-refractivity contribution < 1.29 is 4.42 Å². The summed E-state index contributed by atoms with van der Waals surface area (Å²) in [5, 5.41) is 7.30. The van der Waals surface area contributed by atoms with Crippen LogP contribution in [0.15, 0.2) is 156 Å². The predicted octanol–water partition coefficient (Wildman–Crippen LogP) is 12.2. The molecule has 2 nitrogen and oxygen atoms in total. The second-order valence-corrected chi connectivity index (χ2v) is 12.0. The van der Waals surface area contributed by atoms with E-state index in [2.05, 4.69) is 150 Å². The van der Waals surface area contributed by atoms with Crippen LogP contribution in [-0.2, 0) is 0 Å². The molecule has 0 bridgehead atoms. The highest BCUT2D eigenvalue weighted by Crippen LogP contribution is 2.48. The van der Waals surface area contributed by atoms with Crippen LogP contribution in [0.4, 0.5) is 17.1 Å². The topological polar surface area (TPSA) is 16.4 Å². The van der Waals surface area contributed by atoms with Crippen LogP contribution in [0.25, 0.3) is 64.0 Å². The Labute approximate surface area is 252 Å². The maximum atomic E-state index is 6.37. The van der Waals surface area contributed by atoms with E-state index in [-0.39, 0.29) is 0 Å². The molecule has 0 fully saturated rings. The third-order valence-electron chi connectivity index (χ3n) is 8.45. The third-order valence-corrected chi connectivity index (χ3v) is 9.66. The van der Waals surface area contributed by atoms with Gasteiger partial charge in [-0.15, -0.1) is 11.3 Å². The molecule has 9 rings (SSSR count). The lowest BCUT2D eigenvalue weighted by Gasteiger charge is -2.27. The molecule has 0 N–H and O–H groups in total. The van der Waals surface area contributed by atoms with Gasteiger partial charge in [-0.3, -0.25) is 0 Å². The van der Waals surface area contributed by atoms with Gasteiger partial charge >= 0.3 is 0 Å². The van der Waals surface area contributed by atoms with Crippen molar-refractivity contribution in [3.05, 3.63) is 152 Å². The zero-order valence-electron chi connectivity index (χ0n) is 23.2. The van der Waals surface area contributed by atoms with Crippen LogP contribution in [0.5, 0.6) is 0 Å². The smallest absolute Gasteiger partial charge is 0.137 e. The summed E-state index contributed by atoms with van der Waals surface area (Å²) in [4.78, 5) is 2.43. The highest BCUT2D eigenvalue weighted by molar-refractivity contribution is 7.26. The number of thiophene rings is 1. The molecule has 3 heteroatoms. The minimum Gasteiger partial charge on any atom is -0.456 e. The second kappa shape index (κ2) is 9.59. The summed E-state index contributed by atoms with van der Waals surface area (Å²) in [7, 11) is 0. The van der Waals surface area contributed by atoms with E-state index in [0.717, 1.165) is 39.0 Å². The van der Waals surface area contributed by atoms with Gasteiger partial charge in [0.05, 0.1) is 21.5 Å². The van der Waals surface area contributed by atoms with E-state index in [1.54, 1.807) is 0 Å². The van der Waals surface area contributed by atoms with E-state index in [1.165, 1.54) is 42.1 Å². The SMILES string of the molecule is c1cc(-c2cccc3ccccc23)cc(N(c2cccc3c2sc2ccccc23)c2cccc3oc4ccccc4c23)c1. The minimum absolute atomic E-state index is 0.887. The molecule has 0 saturated heterocycles. The number of hydrogen-bond acceptors (Lipinski definition) is 3.